The van der Waals surface area contributed by atoms with Gasteiger partial charge in [-0.15, -0.1) is 0 Å². The average molecular weight is 1470 g/mol. The molecule has 100 heavy (non-hydrogen) atoms. The molecule has 0 saturated carbocycles. The number of aliphatic hydroxyl groups is 1. The van der Waals surface area contributed by atoms with E-state index in [9.17, 15) is 43.2 Å². The summed E-state index contributed by atoms with van der Waals surface area (Å²) in [5.41, 5.74) is 0. The molecule has 0 aliphatic heterocycles. The molecule has 5 atom stereocenters. The molecule has 0 spiro atoms. The number of esters is 4. The lowest BCUT2D eigenvalue weighted by Crippen LogP contribution is -2.30. The average Bonchev–Trinajstić information content (AvgIpc) is 1.04. The number of hydrogen-bond donors (Lipinski definition) is 3. The number of unbranched alkanes of at least 4 members (excludes halogenated alkanes) is 50. The summed E-state index contributed by atoms with van der Waals surface area (Å²) in [4.78, 5) is 73.0. The Morgan fingerprint density at radius 1 is 0.270 bits per heavy atom. The molecule has 2 unspecified atom stereocenters. The zero-order chi connectivity index (χ0) is 73.5. The van der Waals surface area contributed by atoms with Crippen LogP contribution >= 0.6 is 15.6 Å². The van der Waals surface area contributed by atoms with E-state index in [-0.39, 0.29) is 25.7 Å². The second-order valence-electron chi connectivity index (χ2n) is 30.1. The van der Waals surface area contributed by atoms with Crippen molar-refractivity contribution in [3.63, 3.8) is 0 Å². The zero-order valence-electron chi connectivity index (χ0n) is 65.5. The maximum atomic E-state index is 13.1. The molecule has 0 heterocycles. The molecule has 0 aromatic rings. The third-order valence-electron chi connectivity index (χ3n) is 19.0. The van der Waals surface area contributed by atoms with Gasteiger partial charge in [0.05, 0.1) is 26.4 Å². The minimum absolute atomic E-state index is 0.107. The van der Waals surface area contributed by atoms with Crippen LogP contribution in [0.25, 0.3) is 0 Å². The van der Waals surface area contributed by atoms with E-state index < -0.39 is 97.5 Å². The summed E-state index contributed by atoms with van der Waals surface area (Å²) in [5, 5.41) is 10.6. The van der Waals surface area contributed by atoms with E-state index in [0.29, 0.717) is 25.7 Å². The highest BCUT2D eigenvalue weighted by Crippen LogP contribution is 2.45. The highest BCUT2D eigenvalue weighted by atomic mass is 31.2. The smallest absolute Gasteiger partial charge is 0.462 e. The quantitative estimate of drug-likeness (QED) is 0.0222. The van der Waals surface area contributed by atoms with Gasteiger partial charge in [0.15, 0.2) is 12.2 Å². The number of carbonyl (C=O) groups is 4. The summed E-state index contributed by atoms with van der Waals surface area (Å²) >= 11 is 0. The highest BCUT2D eigenvalue weighted by Gasteiger charge is 2.30. The minimum Gasteiger partial charge on any atom is -0.462 e. The molecule has 0 amide bonds. The van der Waals surface area contributed by atoms with E-state index >= 15 is 0 Å². The summed E-state index contributed by atoms with van der Waals surface area (Å²) < 4.78 is 68.7. The lowest BCUT2D eigenvalue weighted by atomic mass is 10.0. The van der Waals surface area contributed by atoms with Gasteiger partial charge in [0, 0.05) is 25.7 Å². The van der Waals surface area contributed by atoms with Gasteiger partial charge in [-0.25, -0.2) is 9.13 Å². The predicted octanol–water partition coefficient (Wildman–Crippen LogP) is 24.3. The first-order valence-electron chi connectivity index (χ1n) is 42.0. The number of rotatable bonds is 80. The van der Waals surface area contributed by atoms with Crippen molar-refractivity contribution in [2.24, 2.45) is 11.8 Å². The molecule has 17 nitrogen and oxygen atoms in total. The van der Waals surface area contributed by atoms with Crippen LogP contribution in [0.1, 0.15) is 427 Å². The molecule has 0 aromatic heterocycles. The molecule has 0 aliphatic rings. The maximum Gasteiger partial charge on any atom is 0.472 e. The van der Waals surface area contributed by atoms with Crippen molar-refractivity contribution in [3.8, 4) is 0 Å². The predicted molar refractivity (Wildman–Crippen MR) is 409 cm³/mol. The normalized spacial score (nSPS) is 13.9. The van der Waals surface area contributed by atoms with E-state index in [0.717, 1.165) is 102 Å². The van der Waals surface area contributed by atoms with Crippen molar-refractivity contribution in [3.05, 3.63) is 0 Å². The van der Waals surface area contributed by atoms with E-state index in [4.69, 9.17) is 37.0 Å². The fourth-order valence-corrected chi connectivity index (χ4v) is 14.1. The summed E-state index contributed by atoms with van der Waals surface area (Å²) in [7, 11) is -9.92. The molecule has 19 heteroatoms. The van der Waals surface area contributed by atoms with Crippen LogP contribution in [0, 0.1) is 11.8 Å². The number of hydrogen-bond acceptors (Lipinski definition) is 15. The SMILES string of the molecule is CCCCCCCCCCCCCCCCCCCCC(=O)O[C@H](COC(=O)CCCCCCCCCCCCCCCC(C)C)COP(=O)(O)OC[C@@H](O)COP(=O)(O)OC[C@@H](COC(=O)CCCCCCCCCCCCC)OC(=O)CCCCCCCCCCCCCCC(C)C. The Kier molecular flexibility index (Phi) is 71.2. The van der Waals surface area contributed by atoms with Crippen molar-refractivity contribution in [2.75, 3.05) is 39.6 Å². The third kappa shape index (κ3) is 74.3. The van der Waals surface area contributed by atoms with Gasteiger partial charge in [0.2, 0.25) is 0 Å². The topological polar surface area (TPSA) is 237 Å². The summed E-state index contributed by atoms with van der Waals surface area (Å²) in [6.45, 7) is 9.67. The van der Waals surface area contributed by atoms with Gasteiger partial charge in [-0.05, 0) is 37.5 Å². The van der Waals surface area contributed by atoms with Crippen LogP contribution < -0.4 is 0 Å². The van der Waals surface area contributed by atoms with Gasteiger partial charge in [0.1, 0.15) is 19.3 Å². The second kappa shape index (κ2) is 72.6. The van der Waals surface area contributed by atoms with Gasteiger partial charge in [-0.2, -0.15) is 0 Å². The van der Waals surface area contributed by atoms with Gasteiger partial charge in [-0.1, -0.05) is 375 Å². The largest absolute Gasteiger partial charge is 0.472 e. The first-order valence-corrected chi connectivity index (χ1v) is 45.0. The number of carbonyl (C=O) groups excluding carboxylic acids is 4. The minimum atomic E-state index is -4.96. The highest BCUT2D eigenvalue weighted by molar-refractivity contribution is 7.47. The molecule has 0 fully saturated rings. The zero-order valence-corrected chi connectivity index (χ0v) is 67.3. The number of phosphoric acid groups is 2. The van der Waals surface area contributed by atoms with E-state index in [1.54, 1.807) is 0 Å². The van der Waals surface area contributed by atoms with Crippen LogP contribution in [0.3, 0.4) is 0 Å². The first-order chi connectivity index (χ1) is 48.4. The van der Waals surface area contributed by atoms with Crippen molar-refractivity contribution in [2.45, 2.75) is 445 Å². The number of ether oxygens (including phenoxy) is 4. The van der Waals surface area contributed by atoms with Crippen molar-refractivity contribution >= 4 is 39.5 Å². The molecule has 0 aromatic carbocycles. The van der Waals surface area contributed by atoms with Crippen LogP contribution in [-0.2, 0) is 65.4 Å². The van der Waals surface area contributed by atoms with Gasteiger partial charge in [-0.3, -0.25) is 37.3 Å². The molecular formula is C81H158O17P2. The standard InChI is InChI=1S/C81H158O17P2/c1-7-9-11-13-15-17-19-20-21-22-23-24-27-35-41-47-53-59-65-80(85)97-77(70-92-79(84)64-58-52-46-40-34-28-25-26-32-37-43-49-55-61-73(3)4)72-96-100(89,90)94-68-75(82)67-93-99(87,88)95-71-76(69-91-78(83)63-57-51-45-39-31-18-16-14-12-10-8-2)98-81(86)66-60-54-48-42-36-30-29-33-38-44-50-56-62-74(5)6/h73-77,82H,7-72H2,1-6H3,(H,87,88)(H,89,90)/t75-,76+,77+/m0/s1. The van der Waals surface area contributed by atoms with Crippen molar-refractivity contribution in [1.82, 2.24) is 0 Å². The maximum absolute atomic E-state index is 13.1. The Balaban J connectivity index is 5.25. The molecule has 0 rings (SSSR count). The van der Waals surface area contributed by atoms with Crippen LogP contribution in [-0.4, -0.2) is 96.7 Å². The molecular weight excluding hydrogens is 1310 g/mol. The van der Waals surface area contributed by atoms with Gasteiger partial charge < -0.3 is 33.8 Å². The fraction of sp³-hybridized carbons (Fsp3) is 0.951. The molecule has 3 N–H and O–H groups in total. The fourth-order valence-electron chi connectivity index (χ4n) is 12.5. The lowest BCUT2D eigenvalue weighted by molar-refractivity contribution is -0.161. The first kappa shape index (κ1) is 98.1. The number of phosphoric ester groups is 2. The van der Waals surface area contributed by atoms with Crippen LogP contribution in [0.5, 0.6) is 0 Å². The Bertz CT molecular complexity index is 1920. The second-order valence-corrected chi connectivity index (χ2v) is 33.0. The number of aliphatic hydroxyl groups excluding tert-OH is 1. The van der Waals surface area contributed by atoms with Gasteiger partial charge >= 0.3 is 39.5 Å². The Morgan fingerprint density at radius 3 is 0.680 bits per heavy atom. The van der Waals surface area contributed by atoms with E-state index in [2.05, 4.69) is 41.5 Å². The molecule has 594 valence electrons. The molecule has 0 bridgehead atoms. The summed E-state index contributed by atoms with van der Waals surface area (Å²) in [6, 6.07) is 0. The molecule has 0 aliphatic carbocycles. The summed E-state index contributed by atoms with van der Waals surface area (Å²) in [6.07, 6.45) is 62.3. The summed E-state index contributed by atoms with van der Waals surface area (Å²) in [5.74, 6) is -0.539. The molecule has 0 radical (unpaired) electrons. The van der Waals surface area contributed by atoms with Crippen LogP contribution in [0.15, 0.2) is 0 Å². The van der Waals surface area contributed by atoms with Gasteiger partial charge in [0.25, 0.3) is 0 Å². The van der Waals surface area contributed by atoms with Crippen LogP contribution in [0.4, 0.5) is 0 Å². The Hall–Kier alpha value is -1.94. The molecule has 0 saturated heterocycles. The van der Waals surface area contributed by atoms with Crippen LogP contribution in [0.2, 0.25) is 0 Å². The third-order valence-corrected chi connectivity index (χ3v) is 20.9. The van der Waals surface area contributed by atoms with Crippen molar-refractivity contribution in [1.29, 1.82) is 0 Å². The Labute approximate surface area is 613 Å². The monoisotopic (exact) mass is 1470 g/mol. The Morgan fingerprint density at radius 2 is 0.460 bits per heavy atom. The lowest BCUT2D eigenvalue weighted by Gasteiger charge is -2.21. The van der Waals surface area contributed by atoms with E-state index in [1.165, 1.54) is 244 Å². The van der Waals surface area contributed by atoms with Crippen molar-refractivity contribution < 1.29 is 80.2 Å². The van der Waals surface area contributed by atoms with E-state index in [1.807, 2.05) is 0 Å².